The molecule has 0 saturated heterocycles. The number of hydrogen-bond donors (Lipinski definition) is 0. The van der Waals surface area contributed by atoms with Crippen molar-refractivity contribution in [3.63, 3.8) is 0 Å². The fourth-order valence-corrected chi connectivity index (χ4v) is 1.51. The van der Waals surface area contributed by atoms with Crippen molar-refractivity contribution in [1.82, 2.24) is 4.90 Å². The van der Waals surface area contributed by atoms with Gasteiger partial charge in [0.2, 0.25) is 0 Å². The van der Waals surface area contributed by atoms with Crippen LogP contribution in [0.1, 0.15) is 11.1 Å². The third-order valence-corrected chi connectivity index (χ3v) is 2.51. The largest absolute Gasteiger partial charge is 1.00 e. The van der Waals surface area contributed by atoms with Gasteiger partial charge in [-0.2, -0.15) is 0 Å². The Morgan fingerprint density at radius 3 is 2.17 bits per heavy atom. The zero-order chi connectivity index (χ0) is 13.1. The van der Waals surface area contributed by atoms with Crippen LogP contribution < -0.4 is 51.4 Å². The molecular weight excluding hydrogens is 265 g/mol. The maximum atomic E-state index is 12.3. The molecule has 0 unspecified atom stereocenters. The minimum atomic E-state index is -4.93. The summed E-state index contributed by atoms with van der Waals surface area (Å²) in [7, 11) is 1.66. The first kappa shape index (κ1) is 18.4. The van der Waals surface area contributed by atoms with E-state index >= 15 is 0 Å². The van der Waals surface area contributed by atoms with Crippen LogP contribution in [-0.4, -0.2) is 25.5 Å². The zero-order valence-corrected chi connectivity index (χ0v) is 14.2. The first-order chi connectivity index (χ1) is 7.79. The van der Waals surface area contributed by atoms with Crippen LogP contribution in [0, 0.1) is 6.92 Å². The van der Waals surface area contributed by atoms with Crippen molar-refractivity contribution in [2.24, 2.45) is 0 Å². The Bertz CT molecular complexity index is 389. The molecule has 0 saturated carbocycles. The maximum absolute atomic E-state index is 12.3. The Balaban J connectivity index is 0.00000289. The monoisotopic (exact) mass is 281 g/mol. The van der Waals surface area contributed by atoms with Gasteiger partial charge in [0.1, 0.15) is 0 Å². The van der Waals surface area contributed by atoms with Crippen molar-refractivity contribution in [3.8, 4) is 0 Å². The Hall–Kier alpha value is 0.411. The predicted octanol–water partition coefficient (Wildman–Crippen LogP) is 0.374. The fraction of sp³-hybridized carbons (Fsp3) is 0.333. The number of rotatable bonds is 5. The van der Waals surface area contributed by atoms with Gasteiger partial charge < -0.3 is 17.8 Å². The van der Waals surface area contributed by atoms with Crippen LogP contribution in [0.15, 0.2) is 36.3 Å². The van der Waals surface area contributed by atoms with Gasteiger partial charge >= 0.3 is 58.4 Å². The molecule has 0 heterocycles. The van der Waals surface area contributed by atoms with Crippen LogP contribution in [0.25, 0.3) is 0 Å². The van der Waals surface area contributed by atoms with Crippen LogP contribution in [0.3, 0.4) is 0 Å². The van der Waals surface area contributed by atoms with Gasteiger partial charge in [-0.3, -0.25) is 0 Å². The van der Waals surface area contributed by atoms with Crippen molar-refractivity contribution in [1.29, 1.82) is 0 Å². The van der Waals surface area contributed by atoms with Gasteiger partial charge in [0, 0.05) is 6.54 Å². The van der Waals surface area contributed by atoms with Crippen LogP contribution in [0.4, 0.5) is 12.9 Å². The van der Waals surface area contributed by atoms with Crippen LogP contribution in [0.5, 0.6) is 0 Å². The third kappa shape index (κ3) is 6.54. The molecule has 0 aliphatic carbocycles. The van der Waals surface area contributed by atoms with Crippen molar-refractivity contribution in [2.75, 3.05) is 13.6 Å². The molecule has 0 aliphatic heterocycles. The van der Waals surface area contributed by atoms with Gasteiger partial charge in [-0.15, -0.1) is 12.1 Å². The second kappa shape index (κ2) is 7.87. The van der Waals surface area contributed by atoms with Crippen molar-refractivity contribution in [3.05, 3.63) is 47.4 Å². The summed E-state index contributed by atoms with van der Waals surface area (Å²) in [5.41, 5.74) is 1.49. The standard InChI is InChI=1S/C12H16BF3N.K/c1-10-4-6-12(7-5-10)9-17(3)8-11(2)13(14,15)16;/h4-7H,2,8-9H2,1,3H3;/q-1;+1. The van der Waals surface area contributed by atoms with Crippen molar-refractivity contribution < 1.29 is 64.3 Å². The van der Waals surface area contributed by atoms with E-state index < -0.39 is 12.4 Å². The summed E-state index contributed by atoms with van der Waals surface area (Å²) in [5, 5.41) is 0. The Labute approximate surface area is 149 Å². The number of likely N-dealkylation sites (N-methyl/N-ethyl adjacent to an activating group) is 1. The Kier molecular flexibility index (Phi) is 8.05. The summed E-state index contributed by atoms with van der Waals surface area (Å²) in [6.45, 7) is 0.481. The maximum Gasteiger partial charge on any atom is 1.00 e. The molecule has 0 bridgehead atoms. The molecule has 1 rings (SSSR count). The quantitative estimate of drug-likeness (QED) is 0.705. The SMILES string of the molecule is C=C(CN(C)Cc1ccc(C)cc1)[B-](F)(F)F.[K+]. The first-order valence-corrected chi connectivity index (χ1v) is 5.41. The van der Waals surface area contributed by atoms with E-state index in [-0.39, 0.29) is 57.9 Å². The summed E-state index contributed by atoms with van der Waals surface area (Å²) in [4.78, 5) is 1.61. The molecule has 94 valence electrons. The topological polar surface area (TPSA) is 3.24 Å². The van der Waals surface area contributed by atoms with E-state index in [4.69, 9.17) is 0 Å². The molecule has 0 atom stereocenters. The van der Waals surface area contributed by atoms with E-state index in [1.807, 2.05) is 31.2 Å². The normalized spacial score (nSPS) is 11.2. The number of hydrogen-bond acceptors (Lipinski definition) is 1. The zero-order valence-electron chi connectivity index (χ0n) is 11.1. The average molecular weight is 281 g/mol. The van der Waals surface area contributed by atoms with Gasteiger partial charge in [-0.1, -0.05) is 29.8 Å². The predicted molar refractivity (Wildman–Crippen MR) is 65.7 cm³/mol. The molecule has 0 spiro atoms. The smallest absolute Gasteiger partial charge is 0.445 e. The Morgan fingerprint density at radius 2 is 1.72 bits per heavy atom. The van der Waals surface area contributed by atoms with E-state index in [0.29, 0.717) is 6.54 Å². The molecule has 0 radical (unpaired) electrons. The van der Waals surface area contributed by atoms with Gasteiger partial charge in [-0.05, 0) is 26.1 Å². The second-order valence-electron chi connectivity index (χ2n) is 4.39. The van der Waals surface area contributed by atoms with E-state index in [1.54, 1.807) is 11.9 Å². The van der Waals surface area contributed by atoms with E-state index in [2.05, 4.69) is 6.58 Å². The first-order valence-electron chi connectivity index (χ1n) is 5.41. The van der Waals surface area contributed by atoms with Gasteiger partial charge in [0.15, 0.2) is 0 Å². The van der Waals surface area contributed by atoms with Crippen molar-refractivity contribution in [2.45, 2.75) is 13.5 Å². The fourth-order valence-electron chi connectivity index (χ4n) is 1.51. The van der Waals surface area contributed by atoms with Crippen LogP contribution in [-0.2, 0) is 6.54 Å². The number of halogens is 3. The van der Waals surface area contributed by atoms with E-state index in [0.717, 1.165) is 11.1 Å². The molecule has 0 N–H and O–H groups in total. The van der Waals surface area contributed by atoms with E-state index in [1.165, 1.54) is 0 Å². The molecule has 1 nitrogen and oxygen atoms in total. The second-order valence-corrected chi connectivity index (χ2v) is 4.39. The third-order valence-electron chi connectivity index (χ3n) is 2.51. The van der Waals surface area contributed by atoms with Gasteiger partial charge in [-0.25, -0.2) is 0 Å². The molecule has 0 aliphatic rings. The number of nitrogens with zero attached hydrogens (tertiary/aromatic N) is 1. The molecule has 1 aromatic rings. The molecule has 0 aromatic heterocycles. The van der Waals surface area contributed by atoms with E-state index in [9.17, 15) is 12.9 Å². The average Bonchev–Trinajstić information content (AvgIpc) is 2.20. The minimum Gasteiger partial charge on any atom is -0.445 e. The molecule has 18 heavy (non-hydrogen) atoms. The summed E-state index contributed by atoms with van der Waals surface area (Å²) in [5.74, 6) is 0. The number of aryl methyl sites for hydroxylation is 1. The molecule has 1 aromatic carbocycles. The Morgan fingerprint density at radius 1 is 1.22 bits per heavy atom. The van der Waals surface area contributed by atoms with Gasteiger partial charge in [0.25, 0.3) is 0 Å². The molecule has 0 fully saturated rings. The molecule has 6 heteroatoms. The molecule has 0 amide bonds. The minimum absolute atomic E-state index is 0. The van der Waals surface area contributed by atoms with Crippen molar-refractivity contribution >= 4 is 6.98 Å². The molecular formula is C12H16BF3KN. The summed E-state index contributed by atoms with van der Waals surface area (Å²) in [6, 6.07) is 7.75. The van der Waals surface area contributed by atoms with Gasteiger partial charge in [0.05, 0.1) is 0 Å². The van der Waals surface area contributed by atoms with Crippen LogP contribution >= 0.6 is 0 Å². The summed E-state index contributed by atoms with van der Waals surface area (Å²) in [6.07, 6.45) is 0. The summed E-state index contributed by atoms with van der Waals surface area (Å²) < 4.78 is 37.0. The summed E-state index contributed by atoms with van der Waals surface area (Å²) >= 11 is 0. The number of benzene rings is 1. The van der Waals surface area contributed by atoms with Crippen LogP contribution in [0.2, 0.25) is 0 Å².